The van der Waals surface area contributed by atoms with Gasteiger partial charge in [0.05, 0.1) is 0 Å². The first-order valence-corrected chi connectivity index (χ1v) is 20.8. The van der Waals surface area contributed by atoms with Crippen LogP contribution < -0.4 is 0 Å². The van der Waals surface area contributed by atoms with E-state index in [9.17, 15) is 0 Å². The third-order valence-electron chi connectivity index (χ3n) is 10.5. The molecule has 0 aromatic heterocycles. The minimum absolute atomic E-state index is 0.0997. The summed E-state index contributed by atoms with van der Waals surface area (Å²) in [7, 11) is -3.40. The minimum Gasteiger partial charge on any atom is -0.417 e. The van der Waals surface area contributed by atoms with E-state index in [-0.39, 0.29) is 5.41 Å². The van der Waals surface area contributed by atoms with Crippen molar-refractivity contribution >= 4 is 22.7 Å². The van der Waals surface area contributed by atoms with E-state index in [1.807, 2.05) is 0 Å². The number of allylic oxidation sites excluding steroid dienone is 8. The van der Waals surface area contributed by atoms with Crippen molar-refractivity contribution in [3.8, 4) is 0 Å². The molecular weight excluding hydrogens is 509 g/mol. The molecule has 0 bridgehead atoms. The number of rotatable bonds is 16. The van der Waals surface area contributed by atoms with Crippen molar-refractivity contribution in [3.63, 3.8) is 0 Å². The Morgan fingerprint density at radius 3 is 2.10 bits per heavy atom. The van der Waals surface area contributed by atoms with Crippen LogP contribution in [0.3, 0.4) is 0 Å². The van der Waals surface area contributed by atoms with Crippen LogP contribution in [0.1, 0.15) is 71.4 Å². The standard InChI is InChI=1S/C35H52O2Si2/c1-7-38(8-2,9-3)36-27-17-26-35(28-37-39(10-4,11-5)12-6,33-24-22-29-18-13-15-20-31(29)33)34-25-23-30-19-14-16-21-32(30)34/h13-16,18-25,31,34H,7-12,17,26-28H2,1-6H3. The van der Waals surface area contributed by atoms with Crippen molar-refractivity contribution in [1.29, 1.82) is 0 Å². The summed E-state index contributed by atoms with van der Waals surface area (Å²) in [6.45, 7) is 15.7. The Bertz CT molecular complexity index is 1100. The Morgan fingerprint density at radius 2 is 1.41 bits per heavy atom. The van der Waals surface area contributed by atoms with Crippen molar-refractivity contribution in [2.75, 3.05) is 13.2 Å². The zero-order valence-corrected chi connectivity index (χ0v) is 27.5. The van der Waals surface area contributed by atoms with Crippen LogP contribution in [-0.2, 0) is 8.85 Å². The van der Waals surface area contributed by atoms with Gasteiger partial charge in [0.1, 0.15) is 0 Å². The maximum atomic E-state index is 7.29. The predicted octanol–water partition coefficient (Wildman–Crippen LogP) is 10.2. The molecular formula is C35H52O2Si2. The average molecular weight is 561 g/mol. The molecule has 212 valence electrons. The predicted molar refractivity (Wildman–Crippen MR) is 174 cm³/mol. The molecule has 0 aliphatic heterocycles. The molecule has 0 amide bonds. The van der Waals surface area contributed by atoms with Crippen LogP contribution in [0.2, 0.25) is 36.3 Å². The van der Waals surface area contributed by atoms with Crippen LogP contribution >= 0.6 is 0 Å². The molecule has 39 heavy (non-hydrogen) atoms. The molecule has 2 nitrogen and oxygen atoms in total. The van der Waals surface area contributed by atoms with E-state index in [4.69, 9.17) is 8.85 Å². The maximum Gasteiger partial charge on any atom is 0.192 e. The molecule has 3 atom stereocenters. The highest BCUT2D eigenvalue weighted by molar-refractivity contribution is 6.74. The third kappa shape index (κ3) is 6.00. The van der Waals surface area contributed by atoms with E-state index in [0.717, 1.165) is 26.1 Å². The van der Waals surface area contributed by atoms with E-state index >= 15 is 0 Å². The molecule has 4 rings (SSSR count). The molecule has 3 unspecified atom stereocenters. The molecule has 1 aromatic carbocycles. The Kier molecular flexibility index (Phi) is 10.3. The van der Waals surface area contributed by atoms with E-state index in [2.05, 4.69) is 114 Å². The Morgan fingerprint density at radius 1 is 0.744 bits per heavy atom. The quantitative estimate of drug-likeness (QED) is 0.148. The van der Waals surface area contributed by atoms with Crippen molar-refractivity contribution < 1.29 is 8.85 Å². The average Bonchev–Trinajstić information content (AvgIpc) is 3.63. The summed E-state index contributed by atoms with van der Waals surface area (Å²) in [4.78, 5) is 0. The van der Waals surface area contributed by atoms with Crippen LogP contribution in [0.15, 0.2) is 77.9 Å². The molecule has 4 heteroatoms. The smallest absolute Gasteiger partial charge is 0.192 e. The van der Waals surface area contributed by atoms with Gasteiger partial charge in [0.2, 0.25) is 0 Å². The summed E-state index contributed by atoms with van der Waals surface area (Å²) in [6, 6.07) is 16.2. The molecule has 3 aliphatic rings. The number of fused-ring (bicyclic) bond motifs is 2. The number of hydrogen-bond acceptors (Lipinski definition) is 2. The summed E-state index contributed by atoms with van der Waals surface area (Å²) in [5.41, 5.74) is 5.69. The maximum absolute atomic E-state index is 7.29. The van der Waals surface area contributed by atoms with Crippen LogP contribution in [-0.4, -0.2) is 29.8 Å². The molecule has 3 aliphatic carbocycles. The van der Waals surface area contributed by atoms with Crippen LogP contribution in [0.5, 0.6) is 0 Å². The van der Waals surface area contributed by atoms with Crippen LogP contribution in [0.25, 0.3) is 6.08 Å². The Labute approximate surface area is 241 Å². The van der Waals surface area contributed by atoms with Gasteiger partial charge in [-0.3, -0.25) is 0 Å². The summed E-state index contributed by atoms with van der Waals surface area (Å²) < 4.78 is 14.1. The van der Waals surface area contributed by atoms with Crippen molar-refractivity contribution in [2.24, 2.45) is 11.3 Å². The molecule has 0 spiro atoms. The molecule has 0 saturated carbocycles. The summed E-state index contributed by atoms with van der Waals surface area (Å²) in [5, 5.41) is 0. The number of benzene rings is 1. The lowest BCUT2D eigenvalue weighted by atomic mass is 9.62. The van der Waals surface area contributed by atoms with Gasteiger partial charge in [0.25, 0.3) is 0 Å². The van der Waals surface area contributed by atoms with Crippen LogP contribution in [0, 0.1) is 11.3 Å². The topological polar surface area (TPSA) is 18.5 Å². The largest absolute Gasteiger partial charge is 0.417 e. The Hall–Kier alpha value is -1.73. The lowest BCUT2D eigenvalue weighted by Gasteiger charge is -2.45. The molecule has 0 fully saturated rings. The van der Waals surface area contributed by atoms with Gasteiger partial charge in [-0.2, -0.15) is 0 Å². The minimum atomic E-state index is -1.78. The molecule has 0 N–H and O–H groups in total. The highest BCUT2D eigenvalue weighted by Crippen LogP contribution is 2.56. The highest BCUT2D eigenvalue weighted by atomic mass is 28.4. The SMILES string of the molecule is CC[Si](CC)(CC)OCCCC(CO[Si](CC)(CC)CC)(C1=CC=C2C=CC=CC21)C1C=Cc2ccccc21. The van der Waals surface area contributed by atoms with Gasteiger partial charge in [0.15, 0.2) is 16.6 Å². The third-order valence-corrected chi connectivity index (χ3v) is 19.8. The number of hydrogen-bond donors (Lipinski definition) is 0. The Balaban J connectivity index is 1.73. The fourth-order valence-electron chi connectivity index (χ4n) is 7.29. The second-order valence-corrected chi connectivity index (χ2v) is 21.4. The molecule has 0 radical (unpaired) electrons. The first-order valence-electron chi connectivity index (χ1n) is 15.8. The van der Waals surface area contributed by atoms with E-state index in [1.54, 1.807) is 5.57 Å². The van der Waals surface area contributed by atoms with Crippen molar-refractivity contribution in [2.45, 2.75) is 96.6 Å². The van der Waals surface area contributed by atoms with E-state index in [0.29, 0.717) is 11.8 Å². The van der Waals surface area contributed by atoms with Crippen molar-refractivity contribution in [3.05, 3.63) is 89.1 Å². The lowest BCUT2D eigenvalue weighted by molar-refractivity contribution is 0.127. The van der Waals surface area contributed by atoms with Crippen LogP contribution in [0.4, 0.5) is 0 Å². The van der Waals surface area contributed by atoms with E-state index < -0.39 is 16.6 Å². The van der Waals surface area contributed by atoms with Crippen molar-refractivity contribution in [1.82, 2.24) is 0 Å². The van der Waals surface area contributed by atoms with Gasteiger partial charge in [-0.1, -0.05) is 114 Å². The van der Waals surface area contributed by atoms with Gasteiger partial charge in [-0.25, -0.2) is 0 Å². The fourth-order valence-corrected chi connectivity index (χ4v) is 12.7. The molecule has 0 saturated heterocycles. The van der Waals surface area contributed by atoms with Gasteiger partial charge in [-0.15, -0.1) is 0 Å². The lowest BCUT2D eigenvalue weighted by Crippen LogP contribution is -2.44. The summed E-state index contributed by atoms with van der Waals surface area (Å²) in [5.74, 6) is 0.659. The van der Waals surface area contributed by atoms with Gasteiger partial charge >= 0.3 is 0 Å². The van der Waals surface area contributed by atoms with E-state index in [1.165, 1.54) is 53.0 Å². The highest BCUT2D eigenvalue weighted by Gasteiger charge is 2.48. The second kappa shape index (κ2) is 13.3. The summed E-state index contributed by atoms with van der Waals surface area (Å²) >= 11 is 0. The molecule has 0 heterocycles. The van der Waals surface area contributed by atoms with Gasteiger partial charge in [0, 0.05) is 30.5 Å². The normalized spacial score (nSPS) is 21.5. The second-order valence-electron chi connectivity index (χ2n) is 11.9. The first kappa shape index (κ1) is 30.2. The zero-order chi connectivity index (χ0) is 27.9. The monoisotopic (exact) mass is 560 g/mol. The van der Waals surface area contributed by atoms with Gasteiger partial charge < -0.3 is 8.85 Å². The van der Waals surface area contributed by atoms with Gasteiger partial charge in [-0.05, 0) is 71.4 Å². The molecule has 1 aromatic rings. The summed E-state index contributed by atoms with van der Waals surface area (Å²) in [6.07, 6.45) is 21.0. The fraction of sp³-hybridized carbons (Fsp3) is 0.543. The zero-order valence-electron chi connectivity index (χ0n) is 25.5. The first-order chi connectivity index (χ1) is 19.0.